The number of thioether (sulfide) groups is 1. The molecule has 6 atom stereocenters. The molecule has 0 aromatic rings. The molecule has 0 aromatic carbocycles. The summed E-state index contributed by atoms with van der Waals surface area (Å²) >= 11 is 1.94. The van der Waals surface area contributed by atoms with Gasteiger partial charge in [-0.25, -0.2) is 4.79 Å². The highest BCUT2D eigenvalue weighted by Gasteiger charge is 2.42. The number of unbranched alkanes of at least 4 members (excludes halogenated alkanes) is 1. The van der Waals surface area contributed by atoms with Gasteiger partial charge < -0.3 is 21.3 Å². The summed E-state index contributed by atoms with van der Waals surface area (Å²) in [6.45, 7) is 1.87. The number of rotatable bonds is 8. The molecule has 2 aliphatic heterocycles. The summed E-state index contributed by atoms with van der Waals surface area (Å²) in [7, 11) is 0. The molecule has 2 amide bonds. The zero-order chi connectivity index (χ0) is 18.5. The van der Waals surface area contributed by atoms with Crippen LogP contribution in [0.15, 0.2) is 0 Å². The first-order valence-corrected chi connectivity index (χ1v) is 10.9. The minimum absolute atomic E-state index is 0.0304. The van der Waals surface area contributed by atoms with Gasteiger partial charge in [-0.1, -0.05) is 12.8 Å². The second-order valence-electron chi connectivity index (χ2n) is 7.89. The molecule has 0 aromatic heterocycles. The van der Waals surface area contributed by atoms with Gasteiger partial charge in [-0.2, -0.15) is 16.6 Å². The number of aliphatic hydroxyl groups is 1. The van der Waals surface area contributed by atoms with Gasteiger partial charge in [0.2, 0.25) is 0 Å². The van der Waals surface area contributed by atoms with E-state index in [9.17, 15) is 9.90 Å². The van der Waals surface area contributed by atoms with Crippen molar-refractivity contribution in [3.05, 3.63) is 5.53 Å². The van der Waals surface area contributed by atoms with Crippen LogP contribution in [0.25, 0.3) is 5.53 Å². The average molecular weight is 382 g/mol. The molecule has 1 aliphatic carbocycles. The van der Waals surface area contributed by atoms with Gasteiger partial charge in [0, 0.05) is 24.0 Å². The van der Waals surface area contributed by atoms with Crippen LogP contribution in [0, 0.1) is 5.92 Å². The molecule has 7 nitrogen and oxygen atoms in total. The first-order chi connectivity index (χ1) is 12.6. The second-order valence-corrected chi connectivity index (χ2v) is 9.16. The topological polar surface area (TPSA) is 110 Å². The van der Waals surface area contributed by atoms with E-state index in [4.69, 9.17) is 5.53 Å². The van der Waals surface area contributed by atoms with E-state index in [0.717, 1.165) is 62.8 Å². The lowest BCUT2D eigenvalue weighted by Gasteiger charge is -2.29. The van der Waals surface area contributed by atoms with Gasteiger partial charge in [0.25, 0.3) is 5.71 Å². The van der Waals surface area contributed by atoms with Crippen LogP contribution in [0.2, 0.25) is 0 Å². The highest BCUT2D eigenvalue weighted by atomic mass is 32.2. The molecule has 2 unspecified atom stereocenters. The lowest BCUT2D eigenvalue weighted by Crippen LogP contribution is -2.42. The Bertz CT molecular complexity index is 554. The average Bonchev–Trinajstić information content (AvgIpc) is 3.17. The fourth-order valence-corrected chi connectivity index (χ4v) is 6.03. The maximum atomic E-state index is 11.4. The Labute approximate surface area is 159 Å². The molecule has 1 saturated carbocycles. The summed E-state index contributed by atoms with van der Waals surface area (Å²) in [5.74, 6) is 1.32. The Kier molecular flexibility index (Phi) is 6.98. The zero-order valence-corrected chi connectivity index (χ0v) is 16.3. The SMILES string of the molecule is CC(=[N+]=[N-])C1CCCC(N[C@@H](O)CCCC[C@@H]2SC[C@@H]3NC(=O)N[C@@H]32)C1. The number of carbonyl (C=O) groups is 1. The van der Waals surface area contributed by atoms with Gasteiger partial charge in [0.15, 0.2) is 0 Å². The van der Waals surface area contributed by atoms with E-state index in [-0.39, 0.29) is 18.1 Å². The molecule has 0 radical (unpaired) electrons. The normalized spacial score (nSPS) is 34.5. The van der Waals surface area contributed by atoms with Crippen molar-refractivity contribution in [3.8, 4) is 0 Å². The molecule has 3 fully saturated rings. The van der Waals surface area contributed by atoms with Gasteiger partial charge in [0.1, 0.15) is 6.23 Å². The van der Waals surface area contributed by atoms with Crippen molar-refractivity contribution >= 4 is 23.5 Å². The highest BCUT2D eigenvalue weighted by Crippen LogP contribution is 2.33. The number of carbonyl (C=O) groups excluding carboxylic acids is 1. The number of urea groups is 1. The Morgan fingerprint density at radius 3 is 3.08 bits per heavy atom. The van der Waals surface area contributed by atoms with Crippen molar-refractivity contribution < 1.29 is 14.7 Å². The number of amides is 2. The van der Waals surface area contributed by atoms with Gasteiger partial charge in [-0.05, 0) is 38.5 Å². The summed E-state index contributed by atoms with van der Waals surface area (Å²) in [6, 6.07) is 0.824. The first kappa shape index (κ1) is 19.7. The Morgan fingerprint density at radius 2 is 2.27 bits per heavy atom. The lowest BCUT2D eigenvalue weighted by molar-refractivity contribution is -0.0164. The van der Waals surface area contributed by atoms with Crippen LogP contribution in [-0.2, 0) is 0 Å². The van der Waals surface area contributed by atoms with Crippen LogP contribution in [0.3, 0.4) is 0 Å². The van der Waals surface area contributed by atoms with E-state index in [2.05, 4.69) is 20.7 Å². The standard InChI is InChI=1S/C18H31N5O2S/c1-11(23-19)12-5-4-6-13(9-12)20-16(24)8-3-2-7-15-17-14(10-26-15)21-18(25)22-17/h12-17,20,24H,2-10H2,1H3,(H2,21,22,25)/t12?,13?,14-,15-,16-,17-/m0/s1. The van der Waals surface area contributed by atoms with E-state index in [0.29, 0.717) is 17.2 Å². The first-order valence-electron chi connectivity index (χ1n) is 9.88. The van der Waals surface area contributed by atoms with Crippen LogP contribution in [0.5, 0.6) is 0 Å². The maximum absolute atomic E-state index is 11.4. The van der Waals surface area contributed by atoms with Crippen molar-refractivity contribution in [2.75, 3.05) is 5.75 Å². The monoisotopic (exact) mass is 381 g/mol. The number of aliphatic hydroxyl groups excluding tert-OH is 1. The third-order valence-corrected chi connectivity index (χ3v) is 7.51. The third-order valence-electron chi connectivity index (χ3n) is 6.01. The molecule has 3 aliphatic rings. The second kappa shape index (κ2) is 9.22. The van der Waals surface area contributed by atoms with Crippen LogP contribution >= 0.6 is 11.8 Å². The summed E-state index contributed by atoms with van der Waals surface area (Å²) in [5, 5.41) is 20.1. The van der Waals surface area contributed by atoms with Crippen molar-refractivity contribution in [2.24, 2.45) is 5.92 Å². The van der Waals surface area contributed by atoms with Crippen LogP contribution < -0.4 is 16.0 Å². The minimum atomic E-state index is -0.470. The number of fused-ring (bicyclic) bond motifs is 1. The van der Waals surface area contributed by atoms with Gasteiger partial charge >= 0.3 is 6.03 Å². The molecule has 8 heteroatoms. The van der Waals surface area contributed by atoms with E-state index < -0.39 is 6.23 Å². The molecule has 146 valence electrons. The van der Waals surface area contributed by atoms with Crippen LogP contribution in [0.1, 0.15) is 58.3 Å². The van der Waals surface area contributed by atoms with Crippen molar-refractivity contribution in [1.29, 1.82) is 0 Å². The molecule has 0 bridgehead atoms. The van der Waals surface area contributed by atoms with E-state index in [1.807, 2.05) is 18.7 Å². The molecule has 3 rings (SSSR count). The smallest absolute Gasteiger partial charge is 0.315 e. The molecule has 2 saturated heterocycles. The number of nitrogens with zero attached hydrogens (tertiary/aromatic N) is 2. The quantitative estimate of drug-likeness (QED) is 0.128. The summed E-state index contributed by atoms with van der Waals surface area (Å²) in [5.41, 5.74) is 9.75. The number of hydrogen-bond acceptors (Lipinski definition) is 4. The van der Waals surface area contributed by atoms with E-state index in [1.165, 1.54) is 0 Å². The predicted octanol–water partition coefficient (Wildman–Crippen LogP) is 1.87. The largest absolute Gasteiger partial charge is 0.379 e. The summed E-state index contributed by atoms with van der Waals surface area (Å²) in [6.07, 6.45) is 7.59. The van der Waals surface area contributed by atoms with Crippen molar-refractivity contribution in [2.45, 2.75) is 87.9 Å². The lowest BCUT2D eigenvalue weighted by atomic mass is 9.83. The molecule has 4 N–H and O–H groups in total. The Balaban J connectivity index is 1.31. The van der Waals surface area contributed by atoms with Crippen LogP contribution in [0.4, 0.5) is 4.79 Å². The number of nitrogens with one attached hydrogen (secondary N) is 3. The Morgan fingerprint density at radius 1 is 1.42 bits per heavy atom. The van der Waals surface area contributed by atoms with Crippen molar-refractivity contribution in [1.82, 2.24) is 16.0 Å². The van der Waals surface area contributed by atoms with E-state index >= 15 is 0 Å². The van der Waals surface area contributed by atoms with Crippen LogP contribution in [-0.4, -0.2) is 57.0 Å². The highest BCUT2D eigenvalue weighted by molar-refractivity contribution is 8.00. The molecule has 0 spiro atoms. The number of hydrogen-bond donors (Lipinski definition) is 4. The maximum Gasteiger partial charge on any atom is 0.315 e. The molecular formula is C18H31N5O2S. The fraction of sp³-hybridized carbons (Fsp3) is 0.889. The van der Waals surface area contributed by atoms with Gasteiger partial charge in [0.05, 0.1) is 18.0 Å². The van der Waals surface area contributed by atoms with Gasteiger partial charge in [-0.3, -0.25) is 5.32 Å². The predicted molar refractivity (Wildman–Crippen MR) is 103 cm³/mol. The fourth-order valence-electron chi connectivity index (χ4n) is 4.48. The van der Waals surface area contributed by atoms with Crippen molar-refractivity contribution in [3.63, 3.8) is 0 Å². The summed E-state index contributed by atoms with van der Waals surface area (Å²) < 4.78 is 0. The third kappa shape index (κ3) is 5.00. The van der Waals surface area contributed by atoms with E-state index in [1.54, 1.807) is 0 Å². The zero-order valence-electron chi connectivity index (χ0n) is 15.5. The summed E-state index contributed by atoms with van der Waals surface area (Å²) in [4.78, 5) is 14.7. The molecule has 2 heterocycles. The molecule has 26 heavy (non-hydrogen) atoms. The van der Waals surface area contributed by atoms with Gasteiger partial charge in [-0.15, -0.1) is 0 Å². The molecular weight excluding hydrogens is 350 g/mol. The Hall–Kier alpha value is -1.08. The minimum Gasteiger partial charge on any atom is -0.379 e.